The number of ether oxygens (including phenoxy) is 2. The number of hydrogen-bond acceptors (Lipinski definition) is 3. The van der Waals surface area contributed by atoms with Crippen LogP contribution in [0, 0.1) is 0 Å². The van der Waals surface area contributed by atoms with Crippen molar-refractivity contribution in [3.8, 4) is 11.5 Å². The fourth-order valence-corrected chi connectivity index (χ4v) is 2.72. The van der Waals surface area contributed by atoms with Crippen LogP contribution in [0.15, 0.2) is 36.4 Å². The second-order valence-electron chi connectivity index (χ2n) is 5.89. The van der Waals surface area contributed by atoms with Gasteiger partial charge in [0, 0.05) is 28.7 Å². The molecule has 1 N–H and O–H groups in total. The Kier molecular flexibility index (Phi) is 5.88. The van der Waals surface area contributed by atoms with Crippen molar-refractivity contribution in [3.63, 3.8) is 0 Å². The smallest absolute Gasteiger partial charge is 0.163 e. The summed E-state index contributed by atoms with van der Waals surface area (Å²) >= 11 is 12.3. The van der Waals surface area contributed by atoms with E-state index in [1.54, 1.807) is 0 Å². The second-order valence-corrected chi connectivity index (χ2v) is 6.74. The number of hydrogen-bond donors (Lipinski definition) is 1. The minimum atomic E-state index is 0.438. The lowest BCUT2D eigenvalue weighted by molar-refractivity contribution is 0.269. The zero-order valence-corrected chi connectivity index (χ0v) is 15.2. The van der Waals surface area contributed by atoms with Crippen molar-refractivity contribution in [1.82, 2.24) is 5.32 Å². The van der Waals surface area contributed by atoms with Gasteiger partial charge in [-0.3, -0.25) is 0 Å². The summed E-state index contributed by atoms with van der Waals surface area (Å²) < 4.78 is 11.6. The van der Waals surface area contributed by atoms with Gasteiger partial charge in [-0.2, -0.15) is 0 Å². The summed E-state index contributed by atoms with van der Waals surface area (Å²) in [4.78, 5) is 0. The van der Waals surface area contributed by atoms with Crippen LogP contribution in [0.3, 0.4) is 0 Å². The summed E-state index contributed by atoms with van der Waals surface area (Å²) in [6, 6.07) is 12.0. The molecule has 0 amide bonds. The number of benzene rings is 2. The van der Waals surface area contributed by atoms with Crippen molar-refractivity contribution in [1.29, 1.82) is 0 Å². The molecule has 2 aromatic carbocycles. The maximum Gasteiger partial charge on any atom is 0.163 e. The van der Waals surface area contributed by atoms with E-state index in [9.17, 15) is 0 Å². The molecule has 0 aromatic heterocycles. The lowest BCUT2D eigenvalue weighted by Gasteiger charge is -2.15. The molecule has 0 radical (unpaired) electrons. The van der Waals surface area contributed by atoms with E-state index < -0.39 is 0 Å². The highest BCUT2D eigenvalue weighted by molar-refractivity contribution is 6.31. The molecule has 1 saturated carbocycles. The summed E-state index contributed by atoms with van der Waals surface area (Å²) in [5.41, 5.74) is 2.07. The first-order valence-electron chi connectivity index (χ1n) is 8.21. The third kappa shape index (κ3) is 4.79. The lowest BCUT2D eigenvalue weighted by Crippen LogP contribution is -2.15. The Balaban J connectivity index is 1.72. The Morgan fingerprint density at radius 2 is 1.75 bits per heavy atom. The van der Waals surface area contributed by atoms with Crippen LogP contribution in [0.25, 0.3) is 0 Å². The average Bonchev–Trinajstić information content (AvgIpc) is 3.39. The molecule has 3 rings (SSSR count). The molecule has 0 spiro atoms. The van der Waals surface area contributed by atoms with Crippen molar-refractivity contribution in [3.05, 3.63) is 57.6 Å². The molecule has 1 aliphatic rings. The molecule has 0 aliphatic heterocycles. The van der Waals surface area contributed by atoms with Crippen LogP contribution in [0.5, 0.6) is 11.5 Å². The third-order valence-electron chi connectivity index (χ3n) is 3.88. The predicted octanol–water partition coefficient (Wildman–Crippen LogP) is 5.22. The summed E-state index contributed by atoms with van der Waals surface area (Å²) in [5, 5.41) is 4.88. The second kappa shape index (κ2) is 8.11. The molecule has 24 heavy (non-hydrogen) atoms. The van der Waals surface area contributed by atoms with Gasteiger partial charge in [0.2, 0.25) is 0 Å². The van der Waals surface area contributed by atoms with Gasteiger partial charge in [-0.15, -0.1) is 0 Å². The van der Waals surface area contributed by atoms with Gasteiger partial charge < -0.3 is 14.8 Å². The molecule has 3 nitrogen and oxygen atoms in total. The van der Waals surface area contributed by atoms with E-state index in [-0.39, 0.29) is 0 Å². The van der Waals surface area contributed by atoms with Crippen molar-refractivity contribution in [2.45, 2.75) is 39.0 Å². The molecule has 1 fully saturated rings. The Bertz CT molecular complexity index is 685. The van der Waals surface area contributed by atoms with Gasteiger partial charge in [0.1, 0.15) is 6.61 Å². The van der Waals surface area contributed by atoms with Gasteiger partial charge in [0.25, 0.3) is 0 Å². The number of nitrogens with one attached hydrogen (secondary N) is 1. The third-order valence-corrected chi connectivity index (χ3v) is 4.48. The Hall–Kier alpha value is -1.42. The minimum absolute atomic E-state index is 0.438. The van der Waals surface area contributed by atoms with Gasteiger partial charge in [-0.05, 0) is 49.1 Å². The normalized spacial score (nSPS) is 13.8. The van der Waals surface area contributed by atoms with Crippen LogP contribution in [0.2, 0.25) is 10.0 Å². The molecule has 0 atom stereocenters. The molecular weight excluding hydrogens is 345 g/mol. The fraction of sp³-hybridized carbons (Fsp3) is 0.368. The van der Waals surface area contributed by atoms with Crippen LogP contribution < -0.4 is 14.8 Å². The van der Waals surface area contributed by atoms with Crippen molar-refractivity contribution >= 4 is 23.2 Å². The van der Waals surface area contributed by atoms with Crippen molar-refractivity contribution in [2.75, 3.05) is 6.61 Å². The number of halogens is 2. The average molecular weight is 366 g/mol. The molecule has 2 aromatic rings. The Labute approximate surface area is 152 Å². The van der Waals surface area contributed by atoms with Gasteiger partial charge >= 0.3 is 0 Å². The lowest BCUT2D eigenvalue weighted by atomic mass is 10.2. The first-order chi connectivity index (χ1) is 11.7. The summed E-state index contributed by atoms with van der Waals surface area (Å²) in [7, 11) is 0. The molecule has 0 heterocycles. The monoisotopic (exact) mass is 365 g/mol. The maximum absolute atomic E-state index is 6.41. The summed E-state index contributed by atoms with van der Waals surface area (Å²) in [6.45, 7) is 3.72. The van der Waals surface area contributed by atoms with Crippen molar-refractivity contribution < 1.29 is 9.47 Å². The highest BCUT2D eigenvalue weighted by Crippen LogP contribution is 2.34. The topological polar surface area (TPSA) is 30.5 Å². The van der Waals surface area contributed by atoms with Gasteiger partial charge in [0.05, 0.1) is 6.61 Å². The van der Waals surface area contributed by atoms with E-state index in [0.29, 0.717) is 35.1 Å². The van der Waals surface area contributed by atoms with Crippen LogP contribution in [0.4, 0.5) is 0 Å². The first-order valence-corrected chi connectivity index (χ1v) is 8.97. The maximum atomic E-state index is 6.41. The van der Waals surface area contributed by atoms with Crippen LogP contribution in [0.1, 0.15) is 30.9 Å². The zero-order valence-electron chi connectivity index (χ0n) is 13.6. The molecule has 1 aliphatic carbocycles. The predicted molar refractivity (Wildman–Crippen MR) is 98.3 cm³/mol. The molecule has 0 unspecified atom stereocenters. The summed E-state index contributed by atoms with van der Waals surface area (Å²) in [5.74, 6) is 1.38. The van der Waals surface area contributed by atoms with Crippen LogP contribution in [-0.4, -0.2) is 12.6 Å². The van der Waals surface area contributed by atoms with Gasteiger partial charge in [-0.1, -0.05) is 35.3 Å². The van der Waals surface area contributed by atoms with E-state index in [1.807, 2.05) is 43.3 Å². The highest BCUT2D eigenvalue weighted by atomic mass is 35.5. The molecule has 128 valence electrons. The van der Waals surface area contributed by atoms with E-state index in [2.05, 4.69) is 5.32 Å². The highest BCUT2D eigenvalue weighted by Gasteiger charge is 2.21. The molecule has 5 heteroatoms. The van der Waals surface area contributed by atoms with Gasteiger partial charge in [0.15, 0.2) is 11.5 Å². The standard InChI is InChI=1S/C19H21Cl2NO2/c1-2-23-18-9-14(11-22-16-7-8-16)17(21)10-19(18)24-12-13-3-5-15(20)6-4-13/h3-6,9-10,16,22H,2,7-8,11-12H2,1H3. The van der Waals surface area contributed by atoms with Crippen molar-refractivity contribution in [2.24, 2.45) is 0 Å². The zero-order chi connectivity index (χ0) is 16.9. The Morgan fingerprint density at radius 1 is 1.04 bits per heavy atom. The molecule has 0 saturated heterocycles. The number of rotatable bonds is 8. The fourth-order valence-electron chi connectivity index (χ4n) is 2.38. The van der Waals surface area contributed by atoms with Crippen LogP contribution >= 0.6 is 23.2 Å². The van der Waals surface area contributed by atoms with E-state index >= 15 is 0 Å². The quantitative estimate of drug-likeness (QED) is 0.695. The minimum Gasteiger partial charge on any atom is -0.490 e. The van der Waals surface area contributed by atoms with E-state index in [4.69, 9.17) is 32.7 Å². The van der Waals surface area contributed by atoms with Gasteiger partial charge in [-0.25, -0.2) is 0 Å². The summed E-state index contributed by atoms with van der Waals surface area (Å²) in [6.07, 6.45) is 2.50. The molecule has 0 bridgehead atoms. The van der Waals surface area contributed by atoms with E-state index in [1.165, 1.54) is 12.8 Å². The largest absolute Gasteiger partial charge is 0.490 e. The van der Waals surface area contributed by atoms with E-state index in [0.717, 1.165) is 23.4 Å². The Morgan fingerprint density at radius 3 is 2.42 bits per heavy atom. The van der Waals surface area contributed by atoms with Crippen LogP contribution in [-0.2, 0) is 13.2 Å². The SMILES string of the molecule is CCOc1cc(CNC2CC2)c(Cl)cc1OCc1ccc(Cl)cc1. The molecular formula is C19H21Cl2NO2. The first kappa shape index (κ1) is 17.4.